The highest BCUT2D eigenvalue weighted by Gasteiger charge is 2.30. The smallest absolute Gasteiger partial charge is 0.234 e. The summed E-state index contributed by atoms with van der Waals surface area (Å²) in [5.41, 5.74) is 1.70. The number of carbonyl (C=O) groups excluding carboxylic acids is 1. The van der Waals surface area contributed by atoms with Gasteiger partial charge < -0.3 is 9.88 Å². The molecule has 0 unspecified atom stereocenters. The lowest BCUT2D eigenvalue weighted by atomic mass is 10.2. The highest BCUT2D eigenvalue weighted by molar-refractivity contribution is 8.03. The number of aromatic nitrogens is 3. The van der Waals surface area contributed by atoms with Gasteiger partial charge in [-0.15, -0.1) is 10.2 Å². The topological polar surface area (TPSA) is 83.6 Å². The minimum atomic E-state index is -0.0765. The lowest BCUT2D eigenvalue weighted by Crippen LogP contribution is -2.15. The van der Waals surface area contributed by atoms with Crippen LogP contribution in [0, 0.1) is 17.6 Å². The van der Waals surface area contributed by atoms with Crippen molar-refractivity contribution in [2.75, 3.05) is 11.1 Å². The van der Waals surface area contributed by atoms with Crippen LogP contribution in [0.3, 0.4) is 0 Å². The SMILES string of the molecule is CCn1c(SCC(=O)Nc2ccc(SC#N)cc2C)nnc1C1CC1. The molecule has 1 aliphatic rings. The number of aryl methyl sites for hydroxylation is 1. The number of carbonyl (C=O) groups is 1. The fourth-order valence-corrected chi connectivity index (χ4v) is 3.84. The highest BCUT2D eigenvalue weighted by atomic mass is 32.2. The van der Waals surface area contributed by atoms with Crippen LogP contribution in [0.4, 0.5) is 5.69 Å². The molecule has 0 spiro atoms. The van der Waals surface area contributed by atoms with Crippen LogP contribution in [0.5, 0.6) is 0 Å². The summed E-state index contributed by atoms with van der Waals surface area (Å²) in [4.78, 5) is 13.1. The summed E-state index contributed by atoms with van der Waals surface area (Å²) in [6, 6.07) is 5.56. The Kier molecular flexibility index (Phi) is 5.66. The molecular weight excluding hydrogens is 354 g/mol. The van der Waals surface area contributed by atoms with Crippen LogP contribution < -0.4 is 5.32 Å². The molecule has 1 saturated carbocycles. The molecule has 0 aliphatic heterocycles. The summed E-state index contributed by atoms with van der Waals surface area (Å²) < 4.78 is 2.11. The molecule has 0 saturated heterocycles. The Morgan fingerprint density at radius 2 is 2.24 bits per heavy atom. The second kappa shape index (κ2) is 7.93. The van der Waals surface area contributed by atoms with Gasteiger partial charge in [-0.05, 0) is 62.2 Å². The van der Waals surface area contributed by atoms with Crippen LogP contribution in [-0.2, 0) is 11.3 Å². The van der Waals surface area contributed by atoms with E-state index in [1.54, 1.807) is 0 Å². The average Bonchev–Trinajstić information content (AvgIpc) is 3.35. The second-order valence-electron chi connectivity index (χ2n) is 5.87. The highest BCUT2D eigenvalue weighted by Crippen LogP contribution is 2.40. The Morgan fingerprint density at radius 3 is 2.88 bits per heavy atom. The predicted molar refractivity (Wildman–Crippen MR) is 99.7 cm³/mol. The Labute approximate surface area is 155 Å². The predicted octanol–water partition coefficient (Wildman–Crippen LogP) is 3.79. The lowest BCUT2D eigenvalue weighted by molar-refractivity contribution is -0.113. The first-order valence-electron chi connectivity index (χ1n) is 8.14. The van der Waals surface area contributed by atoms with Crippen molar-refractivity contribution in [2.24, 2.45) is 0 Å². The van der Waals surface area contributed by atoms with Gasteiger partial charge in [0.05, 0.1) is 5.75 Å². The summed E-state index contributed by atoms with van der Waals surface area (Å²) in [7, 11) is 0. The van der Waals surface area contributed by atoms with Crippen molar-refractivity contribution in [2.45, 2.75) is 49.2 Å². The number of benzene rings is 1. The number of thioether (sulfide) groups is 2. The Bertz CT molecular complexity index is 823. The molecule has 0 radical (unpaired) electrons. The van der Waals surface area contributed by atoms with Gasteiger partial charge in [0.2, 0.25) is 5.91 Å². The van der Waals surface area contributed by atoms with Crippen LogP contribution in [-0.4, -0.2) is 26.4 Å². The molecule has 1 heterocycles. The second-order valence-corrected chi connectivity index (χ2v) is 7.67. The van der Waals surface area contributed by atoms with Crippen LogP contribution in [0.2, 0.25) is 0 Å². The van der Waals surface area contributed by atoms with Crippen LogP contribution in [0.25, 0.3) is 0 Å². The molecule has 1 fully saturated rings. The maximum Gasteiger partial charge on any atom is 0.234 e. The average molecular weight is 374 g/mol. The number of thiocyanates is 1. The van der Waals surface area contributed by atoms with E-state index in [4.69, 9.17) is 5.26 Å². The maximum absolute atomic E-state index is 12.3. The fourth-order valence-electron chi connectivity index (χ4n) is 2.56. The Hall–Kier alpha value is -1.98. The van der Waals surface area contributed by atoms with E-state index in [0.29, 0.717) is 5.92 Å². The minimum Gasteiger partial charge on any atom is -0.325 e. The van der Waals surface area contributed by atoms with E-state index in [1.807, 2.05) is 30.5 Å². The van der Waals surface area contributed by atoms with Crippen molar-refractivity contribution >= 4 is 35.1 Å². The zero-order valence-electron chi connectivity index (χ0n) is 14.2. The van der Waals surface area contributed by atoms with Gasteiger partial charge in [0.1, 0.15) is 11.2 Å². The van der Waals surface area contributed by atoms with E-state index in [0.717, 1.165) is 45.4 Å². The number of rotatable bonds is 7. The van der Waals surface area contributed by atoms with Gasteiger partial charge in [0.25, 0.3) is 0 Å². The van der Waals surface area contributed by atoms with Crippen molar-refractivity contribution in [1.82, 2.24) is 14.8 Å². The standard InChI is InChI=1S/C17H19N5OS2/c1-3-22-16(12-4-5-12)20-21-17(22)24-9-15(23)19-14-7-6-13(25-10-18)8-11(14)2/h6-8,12H,3-5,9H2,1-2H3,(H,19,23). The van der Waals surface area contributed by atoms with Gasteiger partial charge in [-0.2, -0.15) is 5.26 Å². The minimum absolute atomic E-state index is 0.0765. The lowest BCUT2D eigenvalue weighted by Gasteiger charge is -2.09. The summed E-state index contributed by atoms with van der Waals surface area (Å²) in [5, 5.41) is 23.0. The summed E-state index contributed by atoms with van der Waals surface area (Å²) in [6.45, 7) is 4.81. The summed E-state index contributed by atoms with van der Waals surface area (Å²) in [5.74, 6) is 1.80. The van der Waals surface area contributed by atoms with Gasteiger partial charge in [0, 0.05) is 23.0 Å². The number of hydrogen-bond acceptors (Lipinski definition) is 6. The van der Waals surface area contributed by atoms with Gasteiger partial charge in [0.15, 0.2) is 5.16 Å². The molecule has 0 atom stereocenters. The van der Waals surface area contributed by atoms with E-state index in [9.17, 15) is 4.79 Å². The van der Waals surface area contributed by atoms with E-state index in [1.165, 1.54) is 24.6 Å². The van der Waals surface area contributed by atoms with E-state index >= 15 is 0 Å². The molecule has 1 N–H and O–H groups in total. The normalized spacial score (nSPS) is 13.5. The molecule has 8 heteroatoms. The zero-order valence-corrected chi connectivity index (χ0v) is 15.8. The molecule has 1 aromatic heterocycles. The van der Waals surface area contributed by atoms with Crippen LogP contribution in [0.1, 0.15) is 37.1 Å². The van der Waals surface area contributed by atoms with E-state index in [2.05, 4.69) is 27.0 Å². The van der Waals surface area contributed by atoms with Crippen molar-refractivity contribution in [3.05, 3.63) is 29.6 Å². The number of nitriles is 1. The maximum atomic E-state index is 12.3. The molecule has 6 nitrogen and oxygen atoms in total. The quantitative estimate of drug-likeness (QED) is 0.587. The monoisotopic (exact) mass is 373 g/mol. The first-order valence-corrected chi connectivity index (χ1v) is 9.95. The van der Waals surface area contributed by atoms with Crippen LogP contribution in [0.15, 0.2) is 28.3 Å². The van der Waals surface area contributed by atoms with Gasteiger partial charge in [-0.3, -0.25) is 4.79 Å². The molecule has 1 aromatic carbocycles. The van der Waals surface area contributed by atoms with Gasteiger partial charge in [-0.25, -0.2) is 0 Å². The van der Waals surface area contributed by atoms with Crippen molar-refractivity contribution in [3.63, 3.8) is 0 Å². The molecular formula is C17H19N5OS2. The molecule has 3 rings (SSSR count). The molecule has 0 bridgehead atoms. The van der Waals surface area contributed by atoms with E-state index < -0.39 is 0 Å². The fraction of sp³-hybridized carbons (Fsp3) is 0.412. The molecule has 1 amide bonds. The van der Waals surface area contributed by atoms with Crippen molar-refractivity contribution in [1.29, 1.82) is 5.26 Å². The van der Waals surface area contributed by atoms with Crippen LogP contribution >= 0.6 is 23.5 Å². The number of nitrogens with one attached hydrogen (secondary N) is 1. The zero-order chi connectivity index (χ0) is 17.8. The molecule has 130 valence electrons. The number of hydrogen-bond donors (Lipinski definition) is 1. The van der Waals surface area contributed by atoms with Crippen molar-refractivity contribution in [3.8, 4) is 5.40 Å². The number of amides is 1. The Morgan fingerprint density at radius 1 is 1.44 bits per heavy atom. The molecule has 1 aliphatic carbocycles. The van der Waals surface area contributed by atoms with Crippen molar-refractivity contribution < 1.29 is 4.79 Å². The van der Waals surface area contributed by atoms with Gasteiger partial charge in [-0.1, -0.05) is 11.8 Å². The number of anilines is 1. The summed E-state index contributed by atoms with van der Waals surface area (Å²) >= 11 is 2.52. The Balaban J connectivity index is 1.59. The van der Waals surface area contributed by atoms with Gasteiger partial charge >= 0.3 is 0 Å². The third kappa shape index (κ3) is 4.35. The third-order valence-electron chi connectivity index (χ3n) is 3.97. The van der Waals surface area contributed by atoms with E-state index in [-0.39, 0.29) is 11.7 Å². The summed E-state index contributed by atoms with van der Waals surface area (Å²) in [6.07, 6.45) is 2.37. The third-order valence-corrected chi connectivity index (χ3v) is 5.52. The molecule has 2 aromatic rings. The largest absolute Gasteiger partial charge is 0.325 e. The first-order chi connectivity index (χ1) is 12.1. The molecule has 25 heavy (non-hydrogen) atoms. The number of nitrogens with zero attached hydrogens (tertiary/aromatic N) is 4. The first kappa shape index (κ1) is 17.8.